The zero-order chi connectivity index (χ0) is 18.9. The topological polar surface area (TPSA) is 102 Å². The molecule has 8 nitrogen and oxygen atoms in total. The van der Waals surface area contributed by atoms with Crippen LogP contribution >= 0.6 is 11.8 Å². The van der Waals surface area contributed by atoms with Crippen molar-refractivity contribution in [2.45, 2.75) is 31.9 Å². The van der Waals surface area contributed by atoms with Crippen LogP contribution in [0.2, 0.25) is 0 Å². The van der Waals surface area contributed by atoms with E-state index in [4.69, 9.17) is 9.57 Å². The second-order valence-corrected chi connectivity index (χ2v) is 6.52. The number of alkyl carbamates (subject to hydrolysis) is 1. The maximum absolute atomic E-state index is 12.3. The number of nitrogens with one attached hydrogen (secondary N) is 1. The first-order chi connectivity index (χ1) is 12.5. The van der Waals surface area contributed by atoms with E-state index in [-0.39, 0.29) is 25.9 Å². The van der Waals surface area contributed by atoms with E-state index < -0.39 is 29.9 Å². The third-order valence-electron chi connectivity index (χ3n) is 3.59. The first kappa shape index (κ1) is 19.8. The third-order valence-corrected chi connectivity index (χ3v) is 4.23. The number of carbonyl (C=O) groups excluding carboxylic acids is 4. The molecule has 1 aromatic carbocycles. The Morgan fingerprint density at radius 2 is 1.85 bits per heavy atom. The largest absolute Gasteiger partial charge is 0.445 e. The van der Waals surface area contributed by atoms with Gasteiger partial charge < -0.3 is 14.9 Å². The normalized spacial score (nSPS) is 14.9. The molecular formula is C17H20N2O6S. The number of imide groups is 1. The fourth-order valence-electron chi connectivity index (χ4n) is 2.20. The van der Waals surface area contributed by atoms with Crippen molar-refractivity contribution in [3.8, 4) is 0 Å². The molecule has 1 aromatic rings. The lowest BCUT2D eigenvalue weighted by molar-refractivity contribution is -0.198. The summed E-state index contributed by atoms with van der Waals surface area (Å²) in [6.45, 7) is 0.0556. The molecule has 0 aliphatic carbocycles. The van der Waals surface area contributed by atoms with Crippen LogP contribution < -0.4 is 5.32 Å². The van der Waals surface area contributed by atoms with Gasteiger partial charge in [-0.2, -0.15) is 11.8 Å². The van der Waals surface area contributed by atoms with Crippen LogP contribution in [0.5, 0.6) is 0 Å². The van der Waals surface area contributed by atoms with E-state index in [1.54, 1.807) is 12.1 Å². The van der Waals surface area contributed by atoms with E-state index in [9.17, 15) is 19.2 Å². The zero-order valence-electron chi connectivity index (χ0n) is 14.3. The molecule has 0 radical (unpaired) electrons. The van der Waals surface area contributed by atoms with E-state index in [1.807, 2.05) is 24.5 Å². The van der Waals surface area contributed by atoms with Crippen molar-refractivity contribution in [1.82, 2.24) is 10.4 Å². The van der Waals surface area contributed by atoms with Gasteiger partial charge in [0.2, 0.25) is 0 Å². The van der Waals surface area contributed by atoms with E-state index in [2.05, 4.69) is 5.32 Å². The SMILES string of the molecule is CSCC[C@@H](NC(=O)OCc1ccccc1)C(=O)ON1C(=O)CCC1=O. The smallest absolute Gasteiger partial charge is 0.408 e. The summed E-state index contributed by atoms with van der Waals surface area (Å²) in [5.74, 6) is -1.45. The first-order valence-electron chi connectivity index (χ1n) is 8.05. The van der Waals surface area contributed by atoms with Crippen molar-refractivity contribution in [3.63, 3.8) is 0 Å². The van der Waals surface area contributed by atoms with Gasteiger partial charge in [0.05, 0.1) is 0 Å². The zero-order valence-corrected chi connectivity index (χ0v) is 15.1. The Labute approximate surface area is 155 Å². The average molecular weight is 380 g/mol. The highest BCUT2D eigenvalue weighted by Crippen LogP contribution is 2.14. The predicted molar refractivity (Wildman–Crippen MR) is 93.7 cm³/mol. The van der Waals surface area contributed by atoms with Crippen LogP contribution in [0, 0.1) is 0 Å². The number of hydrogen-bond acceptors (Lipinski definition) is 7. The van der Waals surface area contributed by atoms with Crippen molar-refractivity contribution < 1.29 is 28.8 Å². The molecule has 2 rings (SSSR count). The molecule has 0 spiro atoms. The summed E-state index contributed by atoms with van der Waals surface area (Å²) in [5.41, 5.74) is 0.805. The summed E-state index contributed by atoms with van der Waals surface area (Å²) < 4.78 is 5.09. The summed E-state index contributed by atoms with van der Waals surface area (Å²) >= 11 is 1.48. The molecule has 1 atom stereocenters. The quantitative estimate of drug-likeness (QED) is 0.684. The van der Waals surface area contributed by atoms with Gasteiger partial charge in [0.25, 0.3) is 11.8 Å². The number of nitrogens with zero attached hydrogens (tertiary/aromatic N) is 1. The molecule has 140 valence electrons. The molecule has 26 heavy (non-hydrogen) atoms. The number of ether oxygens (including phenoxy) is 1. The van der Waals surface area contributed by atoms with E-state index in [1.165, 1.54) is 11.8 Å². The van der Waals surface area contributed by atoms with Crippen LogP contribution in [0.3, 0.4) is 0 Å². The minimum Gasteiger partial charge on any atom is -0.445 e. The van der Waals surface area contributed by atoms with Crippen molar-refractivity contribution in [2.24, 2.45) is 0 Å². The van der Waals surface area contributed by atoms with Gasteiger partial charge in [0.15, 0.2) is 0 Å². The number of benzene rings is 1. The monoisotopic (exact) mass is 380 g/mol. The molecule has 1 heterocycles. The number of rotatable bonds is 8. The van der Waals surface area contributed by atoms with Gasteiger partial charge in [-0.05, 0) is 24.0 Å². The highest BCUT2D eigenvalue weighted by molar-refractivity contribution is 7.98. The third kappa shape index (κ3) is 5.76. The Morgan fingerprint density at radius 1 is 1.19 bits per heavy atom. The van der Waals surface area contributed by atoms with Crippen LogP contribution in [-0.2, 0) is 30.6 Å². The minimum atomic E-state index is -1.02. The lowest BCUT2D eigenvalue weighted by Gasteiger charge is -2.19. The van der Waals surface area contributed by atoms with Gasteiger partial charge in [0.1, 0.15) is 12.6 Å². The van der Waals surface area contributed by atoms with Crippen LogP contribution in [0.4, 0.5) is 4.79 Å². The molecule has 0 aromatic heterocycles. The summed E-state index contributed by atoms with van der Waals surface area (Å²) in [7, 11) is 0. The van der Waals surface area contributed by atoms with Crippen molar-refractivity contribution in [1.29, 1.82) is 0 Å². The van der Waals surface area contributed by atoms with Gasteiger partial charge in [-0.3, -0.25) is 9.59 Å². The molecule has 1 fully saturated rings. The highest BCUT2D eigenvalue weighted by Gasteiger charge is 2.35. The maximum Gasteiger partial charge on any atom is 0.408 e. The Bertz CT molecular complexity index is 650. The van der Waals surface area contributed by atoms with Gasteiger partial charge in [-0.15, -0.1) is 5.06 Å². The lowest BCUT2D eigenvalue weighted by Crippen LogP contribution is -2.45. The van der Waals surface area contributed by atoms with Crippen molar-refractivity contribution in [3.05, 3.63) is 35.9 Å². The molecule has 1 N–H and O–H groups in total. The van der Waals surface area contributed by atoms with E-state index in [0.29, 0.717) is 10.8 Å². The maximum atomic E-state index is 12.3. The summed E-state index contributed by atoms with van der Waals surface area (Å²) in [6.07, 6.45) is 1.36. The van der Waals surface area contributed by atoms with Crippen molar-refractivity contribution in [2.75, 3.05) is 12.0 Å². The highest BCUT2D eigenvalue weighted by atomic mass is 32.2. The number of amides is 3. The first-order valence-corrected chi connectivity index (χ1v) is 9.44. The van der Waals surface area contributed by atoms with E-state index >= 15 is 0 Å². The second-order valence-electron chi connectivity index (χ2n) is 5.53. The van der Waals surface area contributed by atoms with Gasteiger partial charge in [-0.1, -0.05) is 30.3 Å². The van der Waals surface area contributed by atoms with Gasteiger partial charge >= 0.3 is 12.1 Å². The molecule has 0 unspecified atom stereocenters. The minimum absolute atomic E-state index is 0.00807. The number of hydroxylamine groups is 2. The molecule has 0 bridgehead atoms. The number of carbonyl (C=O) groups is 4. The Kier molecular flexibility index (Phi) is 7.46. The molecule has 3 amide bonds. The summed E-state index contributed by atoms with van der Waals surface area (Å²) in [6, 6.07) is 8.07. The van der Waals surface area contributed by atoms with E-state index in [0.717, 1.165) is 5.56 Å². The standard InChI is InChI=1S/C17H20N2O6S/c1-26-10-9-13(16(22)25-19-14(20)7-8-15(19)21)18-17(23)24-11-12-5-3-2-4-6-12/h2-6,13H,7-11H2,1H3,(H,18,23)/t13-/m1/s1. The molecule has 1 saturated heterocycles. The fourth-order valence-corrected chi connectivity index (χ4v) is 2.67. The van der Waals surface area contributed by atoms with Crippen molar-refractivity contribution >= 4 is 35.6 Å². The van der Waals surface area contributed by atoms with Crippen LogP contribution in [0.1, 0.15) is 24.8 Å². The molecular weight excluding hydrogens is 360 g/mol. The molecule has 0 saturated carbocycles. The second kappa shape index (κ2) is 9.81. The van der Waals surface area contributed by atoms with Crippen LogP contribution in [0.25, 0.3) is 0 Å². The Morgan fingerprint density at radius 3 is 2.46 bits per heavy atom. The predicted octanol–water partition coefficient (Wildman–Crippen LogP) is 1.64. The molecule has 1 aliphatic rings. The van der Waals surface area contributed by atoms with Crippen LogP contribution in [-0.4, -0.2) is 47.0 Å². The lowest BCUT2D eigenvalue weighted by atomic mass is 10.2. The number of thioether (sulfide) groups is 1. The summed E-state index contributed by atoms with van der Waals surface area (Å²) in [4.78, 5) is 52.2. The summed E-state index contributed by atoms with van der Waals surface area (Å²) in [5, 5.41) is 2.89. The molecule has 1 aliphatic heterocycles. The fraction of sp³-hybridized carbons (Fsp3) is 0.412. The Hall–Kier alpha value is -2.55. The molecule has 9 heteroatoms. The van der Waals surface area contributed by atoms with Gasteiger partial charge in [-0.25, -0.2) is 9.59 Å². The van der Waals surface area contributed by atoms with Gasteiger partial charge in [0, 0.05) is 12.8 Å². The number of hydrogen-bond donors (Lipinski definition) is 1. The average Bonchev–Trinajstić information content (AvgIpc) is 2.96. The van der Waals surface area contributed by atoms with Crippen LogP contribution in [0.15, 0.2) is 30.3 Å². The Balaban J connectivity index is 1.90.